The van der Waals surface area contributed by atoms with E-state index in [-0.39, 0.29) is 41.6 Å². The highest BCUT2D eigenvalue weighted by Gasteiger charge is 2.52. The van der Waals surface area contributed by atoms with Gasteiger partial charge < -0.3 is 31.3 Å². The molecule has 2 heterocycles. The van der Waals surface area contributed by atoms with Crippen LogP contribution in [0.4, 0.5) is 0 Å². The van der Waals surface area contributed by atoms with E-state index in [9.17, 15) is 33.6 Å². The number of nitrogens with zero attached hydrogens (tertiary/aromatic N) is 3. The lowest BCUT2D eigenvalue weighted by atomic mass is 9.82. The van der Waals surface area contributed by atoms with Crippen LogP contribution in [0.3, 0.4) is 0 Å². The van der Waals surface area contributed by atoms with E-state index in [1.807, 2.05) is 27.7 Å². The molecule has 0 radical (unpaired) electrons. The molecule has 284 valence electrons. The van der Waals surface area contributed by atoms with Crippen molar-refractivity contribution < 1.29 is 38.7 Å². The predicted octanol–water partition coefficient (Wildman–Crippen LogP) is 2.14. The van der Waals surface area contributed by atoms with Crippen molar-refractivity contribution in [3.05, 3.63) is 23.8 Å². The molecule has 5 amide bonds. The Morgan fingerprint density at radius 2 is 1.54 bits per heavy atom. The molecule has 5 rings (SSSR count). The van der Waals surface area contributed by atoms with Crippen LogP contribution >= 0.6 is 0 Å². The Morgan fingerprint density at radius 1 is 0.865 bits per heavy atom. The molecular formula is C37H53N7O8. The number of fused-ring (bicyclic) bond motifs is 1. The van der Waals surface area contributed by atoms with E-state index in [1.54, 1.807) is 4.90 Å². The molecule has 1 aromatic heterocycles. The zero-order chi connectivity index (χ0) is 37.7. The second-order valence-electron chi connectivity index (χ2n) is 16.0. The van der Waals surface area contributed by atoms with Gasteiger partial charge in [0.15, 0.2) is 5.69 Å². The van der Waals surface area contributed by atoms with Crippen LogP contribution < -0.4 is 21.3 Å². The van der Waals surface area contributed by atoms with Gasteiger partial charge in [0.05, 0.1) is 18.4 Å². The van der Waals surface area contributed by atoms with Gasteiger partial charge in [-0.2, -0.15) is 0 Å². The van der Waals surface area contributed by atoms with Crippen LogP contribution in [0, 0.1) is 23.2 Å². The topological polar surface area (TPSA) is 217 Å². The molecular weight excluding hydrogens is 670 g/mol. The lowest BCUT2D eigenvalue weighted by molar-refractivity contribution is -0.146. The highest BCUT2D eigenvalue weighted by Crippen LogP contribution is 2.43. The van der Waals surface area contributed by atoms with Gasteiger partial charge in [-0.05, 0) is 68.1 Å². The number of aromatic carboxylic acids is 1. The first-order chi connectivity index (χ1) is 24.7. The molecule has 0 bridgehead atoms. The summed E-state index contributed by atoms with van der Waals surface area (Å²) in [6, 6.07) is -3.97. The number of hydrogen-bond donors (Lipinski definition) is 5. The Kier molecular flexibility index (Phi) is 12.3. The number of amides is 5. The average Bonchev–Trinajstić information content (AvgIpc) is 3.68. The molecule has 5 N–H and O–H groups in total. The van der Waals surface area contributed by atoms with Gasteiger partial charge >= 0.3 is 5.97 Å². The van der Waals surface area contributed by atoms with Crippen LogP contribution in [-0.2, 0) is 24.0 Å². The highest BCUT2D eigenvalue weighted by molar-refractivity contribution is 6.38. The predicted molar refractivity (Wildman–Crippen MR) is 188 cm³/mol. The van der Waals surface area contributed by atoms with E-state index in [4.69, 9.17) is 5.11 Å². The van der Waals surface area contributed by atoms with Crippen molar-refractivity contribution in [1.29, 1.82) is 0 Å². The standard InChI is InChI=1S/C37H53N7O8/c1-5-10-24(29(45)34(49)40-22-15-16-22)41-33(48)28-23-14-9-13-21(23)19-44(28)35(50)30(37(2,3)4)43-32(47)27(20-11-7-6-8-12-20)42-31(46)25-17-39-26(18-38-25)36(51)52/h17-18,20-24,27-28,30H,5-16,19H2,1-4H3,(H,40,49)(H,41,48)(H,42,46)(H,43,47)(H,51,52)/t21-,23?,24-,27-,28-,30+/m0/s1. The molecule has 1 saturated heterocycles. The fraction of sp³-hybridized carbons (Fsp3) is 0.703. The van der Waals surface area contributed by atoms with Gasteiger partial charge in [-0.3, -0.25) is 28.8 Å². The Labute approximate surface area is 304 Å². The summed E-state index contributed by atoms with van der Waals surface area (Å²) < 4.78 is 0. The summed E-state index contributed by atoms with van der Waals surface area (Å²) in [5.41, 5.74) is -1.27. The molecule has 1 aliphatic heterocycles. The van der Waals surface area contributed by atoms with Crippen LogP contribution in [0.2, 0.25) is 0 Å². The maximum absolute atomic E-state index is 14.6. The minimum Gasteiger partial charge on any atom is -0.476 e. The molecule has 52 heavy (non-hydrogen) atoms. The number of carboxylic acid groups (broad SMARTS) is 1. The summed E-state index contributed by atoms with van der Waals surface area (Å²) in [5, 5.41) is 20.5. The van der Waals surface area contributed by atoms with Crippen LogP contribution in [0.15, 0.2) is 12.4 Å². The SMILES string of the molecule is CCC[C@H](NC(=O)[C@@H]1C2CCC[C@H]2CN1C(=O)[C@@H](NC(=O)[C@@H](NC(=O)c1cnc(C(=O)O)cn1)C1CCCCC1)C(C)(C)C)C(=O)C(=O)NC1CC1. The second-order valence-corrected chi connectivity index (χ2v) is 16.0. The minimum atomic E-state index is -1.29. The number of aromatic nitrogens is 2. The average molecular weight is 724 g/mol. The summed E-state index contributed by atoms with van der Waals surface area (Å²) in [6.45, 7) is 7.66. The zero-order valence-electron chi connectivity index (χ0n) is 30.6. The van der Waals surface area contributed by atoms with E-state index >= 15 is 0 Å². The smallest absolute Gasteiger partial charge is 0.356 e. The first kappa shape index (κ1) is 38.8. The van der Waals surface area contributed by atoms with Crippen LogP contribution in [0.1, 0.15) is 126 Å². The van der Waals surface area contributed by atoms with E-state index in [0.717, 1.165) is 63.8 Å². The summed E-state index contributed by atoms with van der Waals surface area (Å²) in [6.07, 6.45) is 11.1. The van der Waals surface area contributed by atoms with E-state index in [0.29, 0.717) is 25.8 Å². The van der Waals surface area contributed by atoms with Crippen molar-refractivity contribution in [2.75, 3.05) is 6.54 Å². The van der Waals surface area contributed by atoms with Crippen LogP contribution in [0.25, 0.3) is 0 Å². The quantitative estimate of drug-likeness (QED) is 0.176. The van der Waals surface area contributed by atoms with Crippen molar-refractivity contribution in [2.24, 2.45) is 23.2 Å². The van der Waals surface area contributed by atoms with Crippen molar-refractivity contribution in [1.82, 2.24) is 36.1 Å². The number of hydrogen-bond acceptors (Lipinski definition) is 9. The molecule has 3 aliphatic carbocycles. The molecule has 3 saturated carbocycles. The maximum Gasteiger partial charge on any atom is 0.356 e. The van der Waals surface area contributed by atoms with Gasteiger partial charge in [0.25, 0.3) is 11.8 Å². The Morgan fingerprint density at radius 3 is 2.13 bits per heavy atom. The molecule has 6 atom stereocenters. The molecule has 15 nitrogen and oxygen atoms in total. The molecule has 0 spiro atoms. The molecule has 15 heteroatoms. The summed E-state index contributed by atoms with van der Waals surface area (Å²) >= 11 is 0. The van der Waals surface area contributed by atoms with Gasteiger partial charge in [-0.1, -0.05) is 59.8 Å². The largest absolute Gasteiger partial charge is 0.476 e. The van der Waals surface area contributed by atoms with Crippen LogP contribution in [-0.4, -0.2) is 98.0 Å². The van der Waals surface area contributed by atoms with Crippen molar-refractivity contribution in [2.45, 2.75) is 135 Å². The third kappa shape index (κ3) is 9.13. The summed E-state index contributed by atoms with van der Waals surface area (Å²) in [5.74, 6) is -5.09. The number of Topliss-reactive ketones (excluding diaryl/α,β-unsaturated/α-hetero) is 1. The number of rotatable bonds is 14. The highest BCUT2D eigenvalue weighted by atomic mass is 16.4. The minimum absolute atomic E-state index is 0.00812. The first-order valence-electron chi connectivity index (χ1n) is 18.8. The Bertz CT molecular complexity index is 1530. The number of nitrogens with one attached hydrogen (secondary N) is 4. The van der Waals surface area contributed by atoms with Gasteiger partial charge in [0.2, 0.25) is 23.5 Å². The molecule has 0 aromatic carbocycles. The molecule has 4 fully saturated rings. The fourth-order valence-electron chi connectivity index (χ4n) is 8.01. The zero-order valence-corrected chi connectivity index (χ0v) is 30.6. The van der Waals surface area contributed by atoms with E-state index < -0.39 is 70.9 Å². The third-order valence-electron chi connectivity index (χ3n) is 11.0. The second kappa shape index (κ2) is 16.5. The van der Waals surface area contributed by atoms with Crippen LogP contribution in [0.5, 0.6) is 0 Å². The Hall–Kier alpha value is -4.43. The van der Waals surface area contributed by atoms with Gasteiger partial charge in [0.1, 0.15) is 23.8 Å². The molecule has 4 aliphatic rings. The number of likely N-dealkylation sites (tertiary alicyclic amines) is 1. The fourth-order valence-corrected chi connectivity index (χ4v) is 8.01. The Balaban J connectivity index is 1.36. The lowest BCUT2D eigenvalue weighted by Crippen LogP contribution is -2.62. The number of carbonyl (C=O) groups is 7. The summed E-state index contributed by atoms with van der Waals surface area (Å²) in [7, 11) is 0. The first-order valence-corrected chi connectivity index (χ1v) is 18.8. The van der Waals surface area contributed by atoms with Gasteiger partial charge in [-0.25, -0.2) is 14.8 Å². The lowest BCUT2D eigenvalue weighted by Gasteiger charge is -2.38. The van der Waals surface area contributed by atoms with E-state index in [1.165, 1.54) is 0 Å². The monoisotopic (exact) mass is 723 g/mol. The van der Waals surface area contributed by atoms with E-state index in [2.05, 4.69) is 31.2 Å². The number of carboxylic acids is 1. The van der Waals surface area contributed by atoms with Gasteiger partial charge in [0, 0.05) is 12.6 Å². The van der Waals surface area contributed by atoms with Crippen molar-refractivity contribution in [3.8, 4) is 0 Å². The van der Waals surface area contributed by atoms with Gasteiger partial charge in [-0.15, -0.1) is 0 Å². The maximum atomic E-state index is 14.6. The normalized spacial score (nSPS) is 23.5. The molecule has 1 unspecified atom stereocenters. The van der Waals surface area contributed by atoms with Crippen molar-refractivity contribution in [3.63, 3.8) is 0 Å². The van der Waals surface area contributed by atoms with Crippen molar-refractivity contribution >= 4 is 41.3 Å². The number of ketones is 1. The summed E-state index contributed by atoms with van der Waals surface area (Å²) in [4.78, 5) is 103. The molecule has 1 aromatic rings. The third-order valence-corrected chi connectivity index (χ3v) is 11.0. The number of carbonyl (C=O) groups excluding carboxylic acids is 6.